The summed E-state index contributed by atoms with van der Waals surface area (Å²) in [5.74, 6) is 0.702. The van der Waals surface area contributed by atoms with Crippen LogP contribution < -0.4 is 0 Å². The molecule has 7 heteroatoms. The highest BCUT2D eigenvalue weighted by molar-refractivity contribution is 7.84. The van der Waals surface area contributed by atoms with Crippen molar-refractivity contribution in [3.05, 3.63) is 17.8 Å². The SMILES string of the molecule is Cc1ccc([S@@](=O)C[C@@H]2CCN(C(=O)OC(C)(C)C)C2)nn1. The van der Waals surface area contributed by atoms with E-state index in [0.717, 1.165) is 12.1 Å². The van der Waals surface area contributed by atoms with E-state index in [0.29, 0.717) is 23.9 Å². The van der Waals surface area contributed by atoms with Crippen LogP contribution in [0, 0.1) is 12.8 Å². The molecule has 0 bridgehead atoms. The van der Waals surface area contributed by atoms with Crippen molar-refractivity contribution < 1.29 is 13.7 Å². The van der Waals surface area contributed by atoms with Crippen LogP contribution in [0.3, 0.4) is 0 Å². The predicted octanol–water partition coefficient (Wildman–Crippen LogP) is 2.15. The average Bonchev–Trinajstić information content (AvgIpc) is 2.86. The zero-order chi connectivity index (χ0) is 16.3. The van der Waals surface area contributed by atoms with Crippen LogP contribution in [0.1, 0.15) is 32.9 Å². The number of hydrogen-bond acceptors (Lipinski definition) is 5. The smallest absolute Gasteiger partial charge is 0.410 e. The molecule has 0 spiro atoms. The number of amides is 1. The second-order valence-electron chi connectivity index (χ2n) is 6.61. The second kappa shape index (κ2) is 6.73. The summed E-state index contributed by atoms with van der Waals surface area (Å²) in [6.07, 6.45) is 0.542. The third-order valence-corrected chi connectivity index (χ3v) is 4.79. The summed E-state index contributed by atoms with van der Waals surface area (Å²) in [6, 6.07) is 3.56. The molecule has 1 aromatic rings. The van der Waals surface area contributed by atoms with Crippen molar-refractivity contribution in [1.82, 2.24) is 15.1 Å². The molecular weight excluding hydrogens is 302 g/mol. The monoisotopic (exact) mass is 325 g/mol. The Kier molecular flexibility index (Phi) is 5.16. The molecule has 0 radical (unpaired) electrons. The number of aromatic nitrogens is 2. The van der Waals surface area contributed by atoms with Crippen LogP contribution in [-0.2, 0) is 15.5 Å². The predicted molar refractivity (Wildman–Crippen MR) is 84.0 cm³/mol. The van der Waals surface area contributed by atoms with Gasteiger partial charge in [-0.2, -0.15) is 5.10 Å². The third-order valence-electron chi connectivity index (χ3n) is 3.33. The van der Waals surface area contributed by atoms with Gasteiger partial charge in [0.05, 0.1) is 16.5 Å². The van der Waals surface area contributed by atoms with Gasteiger partial charge in [0.25, 0.3) is 0 Å². The maximum absolute atomic E-state index is 12.3. The molecule has 0 N–H and O–H groups in total. The molecule has 0 unspecified atom stereocenters. The van der Waals surface area contributed by atoms with Crippen LogP contribution in [0.15, 0.2) is 17.2 Å². The van der Waals surface area contributed by atoms with E-state index >= 15 is 0 Å². The van der Waals surface area contributed by atoms with E-state index < -0.39 is 16.4 Å². The first-order valence-corrected chi connectivity index (χ1v) is 8.73. The van der Waals surface area contributed by atoms with E-state index in [1.807, 2.05) is 33.8 Å². The zero-order valence-corrected chi connectivity index (χ0v) is 14.4. The lowest BCUT2D eigenvalue weighted by atomic mass is 10.2. The molecule has 1 aliphatic rings. The van der Waals surface area contributed by atoms with Gasteiger partial charge in [-0.1, -0.05) is 0 Å². The minimum atomic E-state index is -1.18. The fourth-order valence-corrected chi connectivity index (χ4v) is 3.49. The summed E-state index contributed by atoms with van der Waals surface area (Å²) in [4.78, 5) is 13.7. The lowest BCUT2D eigenvalue weighted by Crippen LogP contribution is -2.35. The summed E-state index contributed by atoms with van der Waals surface area (Å²) >= 11 is 0. The first-order valence-electron chi connectivity index (χ1n) is 7.41. The van der Waals surface area contributed by atoms with Crippen molar-refractivity contribution in [3.8, 4) is 0 Å². The van der Waals surface area contributed by atoms with Gasteiger partial charge < -0.3 is 9.64 Å². The molecule has 22 heavy (non-hydrogen) atoms. The van der Waals surface area contributed by atoms with Gasteiger partial charge in [-0.25, -0.2) is 4.79 Å². The fourth-order valence-electron chi connectivity index (χ4n) is 2.27. The van der Waals surface area contributed by atoms with Gasteiger partial charge in [0, 0.05) is 18.8 Å². The molecule has 122 valence electrons. The minimum absolute atomic E-state index is 0.205. The van der Waals surface area contributed by atoms with Crippen LogP contribution >= 0.6 is 0 Å². The first kappa shape index (κ1) is 16.9. The number of ether oxygens (including phenoxy) is 1. The van der Waals surface area contributed by atoms with E-state index in [1.54, 1.807) is 11.0 Å². The van der Waals surface area contributed by atoms with Gasteiger partial charge in [0.15, 0.2) is 0 Å². The number of carbonyl (C=O) groups excluding carboxylic acids is 1. The molecule has 1 aliphatic heterocycles. The molecule has 2 atom stereocenters. The third kappa shape index (κ3) is 4.76. The fraction of sp³-hybridized carbons (Fsp3) is 0.667. The molecule has 2 rings (SSSR count). The zero-order valence-electron chi connectivity index (χ0n) is 13.5. The summed E-state index contributed by atoms with van der Waals surface area (Å²) in [6.45, 7) is 8.63. The van der Waals surface area contributed by atoms with Crippen LogP contribution in [0.2, 0.25) is 0 Å². The lowest BCUT2D eigenvalue weighted by molar-refractivity contribution is 0.0289. The summed E-state index contributed by atoms with van der Waals surface area (Å²) in [5.41, 5.74) is 0.313. The lowest BCUT2D eigenvalue weighted by Gasteiger charge is -2.24. The van der Waals surface area contributed by atoms with Gasteiger partial charge in [-0.15, -0.1) is 5.10 Å². The summed E-state index contributed by atoms with van der Waals surface area (Å²) in [5, 5.41) is 8.40. The van der Waals surface area contributed by atoms with Gasteiger partial charge in [0.2, 0.25) is 0 Å². The Morgan fingerprint density at radius 3 is 2.73 bits per heavy atom. The molecule has 2 heterocycles. The van der Waals surface area contributed by atoms with Gasteiger partial charge >= 0.3 is 6.09 Å². The molecule has 0 aliphatic carbocycles. The van der Waals surface area contributed by atoms with Crippen LogP contribution in [0.5, 0.6) is 0 Å². The number of nitrogens with zero attached hydrogens (tertiary/aromatic N) is 3. The van der Waals surface area contributed by atoms with E-state index in [-0.39, 0.29) is 12.0 Å². The van der Waals surface area contributed by atoms with Crippen molar-refractivity contribution in [1.29, 1.82) is 0 Å². The Hall–Kier alpha value is -1.50. The van der Waals surface area contributed by atoms with Gasteiger partial charge in [-0.05, 0) is 52.2 Å². The summed E-state index contributed by atoms with van der Waals surface area (Å²) in [7, 11) is -1.18. The van der Waals surface area contributed by atoms with Crippen LogP contribution in [-0.4, -0.2) is 49.8 Å². The number of aryl methyl sites for hydroxylation is 1. The second-order valence-corrected chi connectivity index (χ2v) is 8.05. The first-order chi connectivity index (χ1) is 10.2. The van der Waals surface area contributed by atoms with Crippen molar-refractivity contribution in [2.45, 2.75) is 44.7 Å². The molecule has 1 aromatic heterocycles. The largest absolute Gasteiger partial charge is 0.444 e. The topological polar surface area (TPSA) is 72.4 Å². The van der Waals surface area contributed by atoms with Gasteiger partial charge in [-0.3, -0.25) is 4.21 Å². The van der Waals surface area contributed by atoms with E-state index in [9.17, 15) is 9.00 Å². The normalized spacial score (nSPS) is 20.0. The van der Waals surface area contributed by atoms with Crippen LogP contribution in [0.25, 0.3) is 0 Å². The molecular formula is C15H23N3O3S. The molecule has 0 aromatic carbocycles. The Morgan fingerprint density at radius 2 is 2.14 bits per heavy atom. The Balaban J connectivity index is 1.87. The number of hydrogen-bond donors (Lipinski definition) is 0. The van der Waals surface area contributed by atoms with E-state index in [4.69, 9.17) is 4.74 Å². The number of rotatable bonds is 3. The highest BCUT2D eigenvalue weighted by atomic mass is 32.2. The number of carbonyl (C=O) groups is 1. The van der Waals surface area contributed by atoms with E-state index in [2.05, 4.69) is 10.2 Å². The van der Waals surface area contributed by atoms with Gasteiger partial charge in [0.1, 0.15) is 10.6 Å². The molecule has 6 nitrogen and oxygen atoms in total. The quantitative estimate of drug-likeness (QED) is 0.851. The maximum Gasteiger partial charge on any atom is 0.410 e. The standard InChI is InChI=1S/C15H23N3O3S/c1-11-5-6-13(17-16-11)22(20)10-12-7-8-18(9-12)14(19)21-15(2,3)4/h5-6,12H,7-10H2,1-4H3/t12-,22+/m1/s1. The highest BCUT2D eigenvalue weighted by Gasteiger charge is 2.30. The highest BCUT2D eigenvalue weighted by Crippen LogP contribution is 2.21. The van der Waals surface area contributed by atoms with Crippen molar-refractivity contribution in [2.75, 3.05) is 18.8 Å². The van der Waals surface area contributed by atoms with Crippen LogP contribution in [0.4, 0.5) is 4.79 Å². The molecule has 1 fully saturated rings. The van der Waals surface area contributed by atoms with E-state index in [1.165, 1.54) is 0 Å². The molecule has 1 saturated heterocycles. The minimum Gasteiger partial charge on any atom is -0.444 e. The Morgan fingerprint density at radius 1 is 1.41 bits per heavy atom. The van der Waals surface area contributed by atoms with Crippen molar-refractivity contribution in [2.24, 2.45) is 5.92 Å². The van der Waals surface area contributed by atoms with Crippen molar-refractivity contribution >= 4 is 16.9 Å². The van der Waals surface area contributed by atoms with Crippen molar-refractivity contribution in [3.63, 3.8) is 0 Å². The average molecular weight is 325 g/mol. The molecule has 0 saturated carbocycles. The Labute approximate surface area is 133 Å². The molecule has 1 amide bonds. The summed E-state index contributed by atoms with van der Waals surface area (Å²) < 4.78 is 17.7. The Bertz CT molecular complexity index is 554. The number of likely N-dealkylation sites (tertiary alicyclic amines) is 1. The maximum atomic E-state index is 12.3.